The van der Waals surface area contributed by atoms with Crippen LogP contribution in [0.5, 0.6) is 0 Å². The average Bonchev–Trinajstić information content (AvgIpc) is 2.86. The number of aromatic nitrogens is 1. The Kier molecular flexibility index (Phi) is 10.3. The Bertz CT molecular complexity index is 1250. The lowest BCUT2D eigenvalue weighted by Gasteiger charge is -2.30. The molecule has 10 nitrogen and oxygen atoms in total. The van der Waals surface area contributed by atoms with Crippen molar-refractivity contribution < 1.29 is 36.7 Å². The number of carbonyl (C=O) groups is 3. The molecule has 3 rings (SSSR count). The zero-order chi connectivity index (χ0) is 27.7. The highest BCUT2D eigenvalue weighted by Gasteiger charge is 2.30. The lowest BCUT2D eigenvalue weighted by Crippen LogP contribution is -2.45. The summed E-state index contributed by atoms with van der Waals surface area (Å²) in [6.45, 7) is 3.57. The Labute approximate surface area is 221 Å². The summed E-state index contributed by atoms with van der Waals surface area (Å²) in [4.78, 5) is 43.7. The van der Waals surface area contributed by atoms with Crippen molar-refractivity contribution in [3.8, 4) is 0 Å². The van der Waals surface area contributed by atoms with E-state index in [4.69, 9.17) is 9.47 Å². The molecule has 12 heteroatoms. The van der Waals surface area contributed by atoms with Crippen molar-refractivity contribution in [3.63, 3.8) is 0 Å². The third-order valence-corrected chi connectivity index (χ3v) is 7.89. The Morgan fingerprint density at radius 1 is 1.05 bits per heavy atom. The predicted molar refractivity (Wildman–Crippen MR) is 138 cm³/mol. The first kappa shape index (κ1) is 29.2. The van der Waals surface area contributed by atoms with Gasteiger partial charge in [-0.05, 0) is 62.4 Å². The largest absolute Gasteiger partial charge is 0.466 e. The quantitative estimate of drug-likeness (QED) is 0.310. The van der Waals surface area contributed by atoms with Crippen LogP contribution in [-0.4, -0.2) is 74.2 Å². The SMILES string of the molecule is CCOC(=O)CC(=O)N(CCN1CCCCS1(=O)=O)c1cc(Cc2ccc(F)cc2)cnc1C(=O)OCC. The lowest BCUT2D eigenvalue weighted by atomic mass is 10.0. The van der Waals surface area contributed by atoms with Gasteiger partial charge in [0.25, 0.3) is 0 Å². The number of carbonyl (C=O) groups excluding carboxylic acids is 3. The molecule has 0 N–H and O–H groups in total. The molecule has 1 aromatic carbocycles. The van der Waals surface area contributed by atoms with Crippen molar-refractivity contribution in [3.05, 3.63) is 59.2 Å². The maximum atomic E-state index is 13.4. The van der Waals surface area contributed by atoms with Crippen LogP contribution in [0.4, 0.5) is 10.1 Å². The molecule has 0 atom stereocenters. The zero-order valence-electron chi connectivity index (χ0n) is 21.5. The Balaban J connectivity index is 2.00. The number of nitrogens with zero attached hydrogens (tertiary/aromatic N) is 3. The van der Waals surface area contributed by atoms with Gasteiger partial charge in [0.05, 0.1) is 24.7 Å². The van der Waals surface area contributed by atoms with Crippen molar-refractivity contribution in [1.29, 1.82) is 0 Å². The molecule has 0 spiro atoms. The Hall–Kier alpha value is -3.38. The van der Waals surface area contributed by atoms with E-state index in [0.29, 0.717) is 31.4 Å². The van der Waals surface area contributed by atoms with Gasteiger partial charge in [0.15, 0.2) is 5.69 Å². The van der Waals surface area contributed by atoms with E-state index in [1.807, 2.05) is 0 Å². The normalized spacial score (nSPS) is 15.0. The molecule has 1 amide bonds. The first-order valence-electron chi connectivity index (χ1n) is 12.5. The van der Waals surface area contributed by atoms with Crippen LogP contribution in [0.1, 0.15) is 54.7 Å². The minimum Gasteiger partial charge on any atom is -0.466 e. The van der Waals surface area contributed by atoms with Crippen molar-refractivity contribution >= 4 is 33.6 Å². The lowest BCUT2D eigenvalue weighted by molar-refractivity contribution is -0.145. The summed E-state index contributed by atoms with van der Waals surface area (Å²) in [7, 11) is -3.48. The van der Waals surface area contributed by atoms with Gasteiger partial charge in [-0.2, -0.15) is 0 Å². The number of rotatable bonds is 11. The fourth-order valence-electron chi connectivity index (χ4n) is 4.11. The Morgan fingerprint density at radius 3 is 2.42 bits per heavy atom. The van der Waals surface area contributed by atoms with E-state index in [1.165, 1.54) is 27.5 Å². The van der Waals surface area contributed by atoms with E-state index in [9.17, 15) is 27.2 Å². The smallest absolute Gasteiger partial charge is 0.359 e. The van der Waals surface area contributed by atoms with Crippen molar-refractivity contribution in [1.82, 2.24) is 9.29 Å². The summed E-state index contributed by atoms with van der Waals surface area (Å²) in [6.07, 6.45) is 2.43. The van der Waals surface area contributed by atoms with E-state index in [-0.39, 0.29) is 49.3 Å². The molecule has 1 aromatic heterocycles. The number of hydrogen-bond acceptors (Lipinski definition) is 8. The van der Waals surface area contributed by atoms with Gasteiger partial charge in [0.1, 0.15) is 12.2 Å². The fraction of sp³-hybridized carbons (Fsp3) is 0.462. The van der Waals surface area contributed by atoms with Gasteiger partial charge in [-0.3, -0.25) is 9.59 Å². The van der Waals surface area contributed by atoms with Crippen LogP contribution < -0.4 is 4.90 Å². The highest BCUT2D eigenvalue weighted by Crippen LogP contribution is 2.25. The second-order valence-electron chi connectivity index (χ2n) is 8.68. The summed E-state index contributed by atoms with van der Waals surface area (Å²) >= 11 is 0. The van der Waals surface area contributed by atoms with Gasteiger partial charge in [0.2, 0.25) is 15.9 Å². The number of ether oxygens (including phenoxy) is 2. The summed E-state index contributed by atoms with van der Waals surface area (Å²) < 4.78 is 49.8. The molecule has 1 aliphatic rings. The van der Waals surface area contributed by atoms with Crippen molar-refractivity contribution in [2.75, 3.05) is 43.5 Å². The minimum atomic E-state index is -3.48. The topological polar surface area (TPSA) is 123 Å². The maximum absolute atomic E-state index is 13.4. The van der Waals surface area contributed by atoms with Crippen LogP contribution in [0.15, 0.2) is 36.5 Å². The molecule has 1 fully saturated rings. The van der Waals surface area contributed by atoms with E-state index in [0.717, 1.165) is 5.56 Å². The molecule has 0 saturated carbocycles. The number of amides is 1. The summed E-state index contributed by atoms with van der Waals surface area (Å²) in [5, 5.41) is 0. The number of halogens is 1. The number of pyridine rings is 1. The minimum absolute atomic E-state index is 0.0204. The number of sulfonamides is 1. The van der Waals surface area contributed by atoms with Gasteiger partial charge in [0, 0.05) is 25.8 Å². The van der Waals surface area contributed by atoms with E-state index >= 15 is 0 Å². The molecule has 2 heterocycles. The third kappa shape index (κ3) is 7.81. The highest BCUT2D eigenvalue weighted by molar-refractivity contribution is 7.89. The zero-order valence-corrected chi connectivity index (χ0v) is 22.3. The van der Waals surface area contributed by atoms with Gasteiger partial charge in [-0.15, -0.1) is 0 Å². The molecule has 1 saturated heterocycles. The second-order valence-corrected chi connectivity index (χ2v) is 10.8. The molecule has 38 heavy (non-hydrogen) atoms. The molecule has 1 aliphatic heterocycles. The molecule has 0 radical (unpaired) electrons. The highest BCUT2D eigenvalue weighted by atomic mass is 32.2. The second kappa shape index (κ2) is 13.4. The average molecular weight is 550 g/mol. The summed E-state index contributed by atoms with van der Waals surface area (Å²) in [6, 6.07) is 7.45. The number of anilines is 1. The first-order chi connectivity index (χ1) is 18.1. The standard InChI is InChI=1S/C26H32FN3O7S/c1-3-36-24(32)17-23(31)30(13-12-29-11-5-6-14-38(29,34)35)22-16-20(15-19-7-9-21(27)10-8-19)18-28-25(22)26(33)37-4-2/h7-10,16,18H,3-6,11-15,17H2,1-2H3. The van der Waals surface area contributed by atoms with E-state index in [1.54, 1.807) is 32.0 Å². The predicted octanol–water partition coefficient (Wildman–Crippen LogP) is 2.70. The van der Waals surface area contributed by atoms with Gasteiger partial charge >= 0.3 is 11.9 Å². The van der Waals surface area contributed by atoms with Crippen LogP contribution in [0.3, 0.4) is 0 Å². The van der Waals surface area contributed by atoms with Crippen LogP contribution in [0.2, 0.25) is 0 Å². The first-order valence-corrected chi connectivity index (χ1v) is 14.1. The van der Waals surface area contributed by atoms with Crippen LogP contribution in [0, 0.1) is 5.82 Å². The fourth-order valence-corrected chi connectivity index (χ4v) is 5.70. The molecular formula is C26H32FN3O7S. The number of hydrogen-bond donors (Lipinski definition) is 0. The van der Waals surface area contributed by atoms with Crippen molar-refractivity contribution in [2.24, 2.45) is 0 Å². The van der Waals surface area contributed by atoms with Crippen molar-refractivity contribution in [2.45, 2.75) is 39.5 Å². The molecular weight excluding hydrogens is 517 g/mol. The molecule has 206 valence electrons. The summed E-state index contributed by atoms with van der Waals surface area (Å²) in [5.41, 5.74) is 1.33. The van der Waals surface area contributed by atoms with Gasteiger partial charge in [-0.1, -0.05) is 12.1 Å². The third-order valence-electron chi connectivity index (χ3n) is 5.93. The van der Waals surface area contributed by atoms with Crippen LogP contribution in [0.25, 0.3) is 0 Å². The van der Waals surface area contributed by atoms with Crippen LogP contribution >= 0.6 is 0 Å². The summed E-state index contributed by atoms with van der Waals surface area (Å²) in [5.74, 6) is -2.55. The number of esters is 2. The maximum Gasteiger partial charge on any atom is 0.359 e. The van der Waals surface area contributed by atoms with Crippen LogP contribution in [-0.2, 0) is 35.5 Å². The molecule has 2 aromatic rings. The molecule has 0 aliphatic carbocycles. The van der Waals surface area contributed by atoms with E-state index in [2.05, 4.69) is 4.98 Å². The Morgan fingerprint density at radius 2 is 1.76 bits per heavy atom. The van der Waals surface area contributed by atoms with Gasteiger partial charge in [-0.25, -0.2) is 26.9 Å². The molecule has 0 bridgehead atoms. The molecule has 0 unspecified atom stereocenters. The van der Waals surface area contributed by atoms with E-state index < -0.39 is 34.3 Å². The van der Waals surface area contributed by atoms with Gasteiger partial charge < -0.3 is 14.4 Å². The monoisotopic (exact) mass is 549 g/mol. The number of benzene rings is 1.